The summed E-state index contributed by atoms with van der Waals surface area (Å²) in [6, 6.07) is 154. The van der Waals surface area contributed by atoms with Crippen molar-refractivity contribution in [3.05, 3.63) is 440 Å². The van der Waals surface area contributed by atoms with Crippen LogP contribution in [-0.2, 0) is 16.2 Å². The van der Waals surface area contributed by atoms with Gasteiger partial charge in [0.1, 0.15) is 22.3 Å². The first-order chi connectivity index (χ1) is 65.4. The van der Waals surface area contributed by atoms with Crippen molar-refractivity contribution < 1.29 is 8.83 Å². The highest BCUT2D eigenvalue weighted by Crippen LogP contribution is 2.65. The van der Waals surface area contributed by atoms with E-state index >= 15 is 0 Å². The van der Waals surface area contributed by atoms with E-state index in [0.717, 1.165) is 195 Å². The summed E-state index contributed by atoms with van der Waals surface area (Å²) in [6.07, 6.45) is 0. The van der Waals surface area contributed by atoms with Crippen LogP contribution in [0.1, 0.15) is 102 Å². The monoisotopic (exact) mass is 1720 g/mol. The van der Waals surface area contributed by atoms with Gasteiger partial charge in [-0.15, -0.1) is 0 Å². The SMILES string of the molecule is CC(C)(C)c1ccc(N2c3cc(-c4c(-c5cccc6c5oc5ccccc56)cccc4-n4c5ccccc5c5ccccc54)ccc3C3c4ccc(-n5c6ccc(C(C)(C)C)cc6c6cc(C(C)(C)C)ccc65)cc4N(c4ccccc4-c4ccccc4)c4cc(-c5c(-c6cccc7c6oc6ccccc67)cccc5-n5c6ccccc6c6ccccc65)cc2c43)c(-c2ccccc2)c1. The molecule has 134 heavy (non-hydrogen) atoms. The van der Waals surface area contributed by atoms with Crippen molar-refractivity contribution in [2.24, 2.45) is 0 Å². The van der Waals surface area contributed by atoms with Crippen molar-refractivity contribution in [1.82, 2.24) is 13.7 Å². The number of aromatic nitrogens is 3. The molecule has 0 aliphatic carbocycles. The number of hydrogen-bond donors (Lipinski definition) is 0. The van der Waals surface area contributed by atoms with E-state index in [9.17, 15) is 0 Å². The molecule has 1 unspecified atom stereocenters. The van der Waals surface area contributed by atoms with Gasteiger partial charge in [0.05, 0.1) is 78.6 Å². The van der Waals surface area contributed by atoms with Gasteiger partial charge in [0.25, 0.3) is 0 Å². The molecule has 0 radical (unpaired) electrons. The van der Waals surface area contributed by atoms with Crippen LogP contribution in [0.15, 0.2) is 415 Å². The summed E-state index contributed by atoms with van der Waals surface area (Å²) in [5.41, 5.74) is 39.1. The summed E-state index contributed by atoms with van der Waals surface area (Å²) in [5, 5.41) is 11.5. The quantitative estimate of drug-likeness (QED) is 0.129. The van der Waals surface area contributed by atoms with E-state index in [1.807, 2.05) is 0 Å². The fraction of sp³-hybridized carbons (Fsp3) is 0.102. The third-order valence-corrected chi connectivity index (χ3v) is 28.9. The highest BCUT2D eigenvalue weighted by atomic mass is 16.3. The van der Waals surface area contributed by atoms with Crippen molar-refractivity contribution in [3.8, 4) is 83.8 Å². The predicted molar refractivity (Wildman–Crippen MR) is 563 cm³/mol. The second kappa shape index (κ2) is 29.6. The molecule has 1 atom stereocenters. The molecule has 24 aromatic rings. The number of para-hydroxylation sites is 9. The topological polar surface area (TPSA) is 47.6 Å². The van der Waals surface area contributed by atoms with Crippen LogP contribution < -0.4 is 9.80 Å². The van der Waals surface area contributed by atoms with Crippen LogP contribution in [0.2, 0.25) is 0 Å². The van der Waals surface area contributed by atoms with Crippen molar-refractivity contribution in [2.45, 2.75) is 84.5 Å². The molecular weight excluding hydrogens is 1630 g/mol. The highest BCUT2D eigenvalue weighted by molar-refractivity contribution is 6.18. The summed E-state index contributed by atoms with van der Waals surface area (Å²) in [4.78, 5) is 5.38. The van der Waals surface area contributed by atoms with E-state index in [1.54, 1.807) is 0 Å². The van der Waals surface area contributed by atoms with Gasteiger partial charge in [0.15, 0.2) is 0 Å². The molecule has 0 fully saturated rings. The van der Waals surface area contributed by atoms with Gasteiger partial charge in [-0.25, -0.2) is 0 Å². The number of benzene rings is 19. The minimum absolute atomic E-state index is 0.104. The molecule has 19 aromatic carbocycles. The molecule has 7 heterocycles. The van der Waals surface area contributed by atoms with E-state index in [0.29, 0.717) is 0 Å². The average molecular weight is 1720 g/mol. The van der Waals surface area contributed by atoms with Gasteiger partial charge < -0.3 is 32.3 Å². The summed E-state index contributed by atoms with van der Waals surface area (Å²) >= 11 is 0. The molecule has 2 aliphatic heterocycles. The number of furan rings is 2. The maximum absolute atomic E-state index is 7.33. The molecule has 640 valence electrons. The van der Waals surface area contributed by atoms with Crippen LogP contribution in [0.25, 0.3) is 193 Å². The van der Waals surface area contributed by atoms with Crippen LogP contribution >= 0.6 is 0 Å². The van der Waals surface area contributed by atoms with Crippen LogP contribution in [0.4, 0.5) is 34.1 Å². The predicted octanol–water partition coefficient (Wildman–Crippen LogP) is 35.4. The Balaban J connectivity index is 0.848. The average Bonchev–Trinajstić information content (AvgIpc) is 0.744. The Hall–Kier alpha value is -16.2. The lowest BCUT2D eigenvalue weighted by Gasteiger charge is -2.46. The summed E-state index contributed by atoms with van der Waals surface area (Å²) in [6.45, 7) is 21.0. The number of rotatable bonds is 11. The first-order valence-electron chi connectivity index (χ1n) is 47.0. The Labute approximate surface area is 778 Å². The van der Waals surface area contributed by atoms with Crippen LogP contribution in [0.5, 0.6) is 0 Å². The van der Waals surface area contributed by atoms with Gasteiger partial charge in [0.2, 0.25) is 0 Å². The van der Waals surface area contributed by atoms with Crippen molar-refractivity contribution in [1.29, 1.82) is 0 Å². The first kappa shape index (κ1) is 78.8. The van der Waals surface area contributed by atoms with Gasteiger partial charge >= 0.3 is 0 Å². The molecule has 2 aliphatic rings. The molecule has 0 saturated carbocycles. The summed E-state index contributed by atoms with van der Waals surface area (Å²) < 4.78 is 22.2. The van der Waals surface area contributed by atoms with E-state index < -0.39 is 0 Å². The molecule has 0 bridgehead atoms. The van der Waals surface area contributed by atoms with Gasteiger partial charge in [-0.1, -0.05) is 347 Å². The van der Waals surface area contributed by atoms with Gasteiger partial charge in [-0.05, 0) is 199 Å². The molecule has 0 amide bonds. The number of hydrogen-bond acceptors (Lipinski definition) is 4. The van der Waals surface area contributed by atoms with Gasteiger partial charge in [0, 0.05) is 104 Å². The number of anilines is 6. The van der Waals surface area contributed by atoms with Crippen molar-refractivity contribution in [3.63, 3.8) is 0 Å². The Bertz CT molecular complexity index is 8860. The second-order valence-corrected chi connectivity index (χ2v) is 39.8. The van der Waals surface area contributed by atoms with Crippen LogP contribution in [0.3, 0.4) is 0 Å². The highest BCUT2D eigenvalue weighted by Gasteiger charge is 2.44. The van der Waals surface area contributed by atoms with E-state index in [-0.39, 0.29) is 22.2 Å². The molecule has 26 rings (SSSR count). The largest absolute Gasteiger partial charge is 0.455 e. The van der Waals surface area contributed by atoms with E-state index in [2.05, 4.69) is 492 Å². The third-order valence-electron chi connectivity index (χ3n) is 28.9. The maximum Gasteiger partial charge on any atom is 0.143 e. The van der Waals surface area contributed by atoms with Crippen LogP contribution in [0, 0.1) is 0 Å². The zero-order valence-electron chi connectivity index (χ0n) is 76.3. The standard InChI is InChI=1S/C127H95N5O2/c1-125(2,3)81-61-67-108(100(73-81)78-36-14-11-15-37-78)132-113-70-79(119-92(96-49-30-47-94-90-43-21-28-58-117(90)133-123(94)96)45-32-56-111(119)129-104-52-24-17-39-86(104)87-40-18-25-53-105(87)129)60-65-98(113)121-99-66-64-84(128-109-68-62-82(126(4,5)6)74-101(109)102-75-83(127(7,8)9)63-69-110(102)128)76-114(99)131(103-51-23-16-38-85(103)77-34-12-10-13-35-77)115-71-80(72-116(132)122(115)121)120-93(97-50-31-48-95-91-44-22-29-59-118(91)134-124(95)97)46-33-57-112(120)130-106-54-26-19-41-88(106)89-42-20-27-55-107(89)130/h10-76,121H,1-9H3. The summed E-state index contributed by atoms with van der Waals surface area (Å²) in [7, 11) is 0. The zero-order chi connectivity index (χ0) is 89.9. The lowest BCUT2D eigenvalue weighted by Crippen LogP contribution is -2.30. The number of nitrogens with zero attached hydrogens (tertiary/aromatic N) is 5. The molecule has 0 spiro atoms. The van der Waals surface area contributed by atoms with E-state index in [4.69, 9.17) is 8.83 Å². The van der Waals surface area contributed by atoms with Crippen molar-refractivity contribution >= 4 is 143 Å². The Morgan fingerprint density at radius 1 is 0.209 bits per heavy atom. The Morgan fingerprint density at radius 3 is 1.07 bits per heavy atom. The zero-order valence-corrected chi connectivity index (χ0v) is 76.3. The maximum atomic E-state index is 7.33. The van der Waals surface area contributed by atoms with E-state index in [1.165, 1.54) is 65.7 Å². The Morgan fingerprint density at radius 2 is 0.567 bits per heavy atom. The van der Waals surface area contributed by atoms with Gasteiger partial charge in [-0.2, -0.15) is 0 Å². The van der Waals surface area contributed by atoms with Crippen LogP contribution in [-0.4, -0.2) is 13.7 Å². The Kier molecular flexibility index (Phi) is 17.4. The number of fused-ring (bicyclic) bond motifs is 19. The smallest absolute Gasteiger partial charge is 0.143 e. The molecule has 5 aromatic heterocycles. The lowest BCUT2D eigenvalue weighted by atomic mass is 9.74. The molecular formula is C127H95N5O2. The molecule has 0 N–H and O–H groups in total. The summed E-state index contributed by atoms with van der Waals surface area (Å²) in [5.74, 6) is -0.387. The van der Waals surface area contributed by atoms with Crippen molar-refractivity contribution in [2.75, 3.05) is 9.80 Å². The molecule has 7 heteroatoms. The minimum Gasteiger partial charge on any atom is -0.455 e. The molecule has 0 saturated heterocycles. The fourth-order valence-electron chi connectivity index (χ4n) is 22.5. The van der Waals surface area contributed by atoms with Gasteiger partial charge in [-0.3, -0.25) is 0 Å². The lowest BCUT2D eigenvalue weighted by molar-refractivity contribution is 0.590. The molecule has 7 nitrogen and oxygen atoms in total. The first-order valence-corrected chi connectivity index (χ1v) is 47.0. The fourth-order valence-corrected chi connectivity index (χ4v) is 22.5. The second-order valence-electron chi connectivity index (χ2n) is 39.8. The third kappa shape index (κ3) is 12.1. The minimum atomic E-state index is -0.387. The normalized spacial score (nSPS) is 13.5.